The van der Waals surface area contributed by atoms with Gasteiger partial charge < -0.3 is 26.4 Å². The summed E-state index contributed by atoms with van der Waals surface area (Å²) in [6.07, 6.45) is 0. The minimum absolute atomic E-state index is 0.0508. The molecule has 5 N–H and O–H groups in total. The summed E-state index contributed by atoms with van der Waals surface area (Å²) in [6.45, 7) is 5.49. The van der Waals surface area contributed by atoms with Crippen molar-refractivity contribution in [3.05, 3.63) is 51.9 Å². The Hall–Kier alpha value is -2.38. The zero-order valence-electron chi connectivity index (χ0n) is 12.8. The fourth-order valence-corrected chi connectivity index (χ4v) is 2.16. The van der Waals surface area contributed by atoms with Gasteiger partial charge in [0.2, 0.25) is 0 Å². The first kappa shape index (κ1) is 18.0. The van der Waals surface area contributed by atoms with Crippen LogP contribution in [-0.2, 0) is 4.79 Å². The molecule has 0 unspecified atom stereocenters. The summed E-state index contributed by atoms with van der Waals surface area (Å²) >= 11 is 11.7. The third kappa shape index (κ3) is 4.33. The molecule has 1 aromatic rings. The van der Waals surface area contributed by atoms with Crippen LogP contribution in [0.4, 0.5) is 4.79 Å². The van der Waals surface area contributed by atoms with Crippen molar-refractivity contribution in [1.29, 1.82) is 0 Å². The minimum atomic E-state index is -0.570. The second kappa shape index (κ2) is 7.46. The maximum absolute atomic E-state index is 12.2. The van der Waals surface area contributed by atoms with Crippen LogP contribution in [0.5, 0.6) is 5.75 Å². The van der Waals surface area contributed by atoms with E-state index in [1.54, 1.807) is 25.1 Å². The average molecular weight is 371 g/mol. The highest BCUT2D eigenvalue weighted by molar-refractivity contribution is 6.42. The topological polar surface area (TPSA) is 105 Å². The Morgan fingerprint density at radius 2 is 2.08 bits per heavy atom. The van der Waals surface area contributed by atoms with Crippen LogP contribution in [0, 0.1) is 0 Å². The number of carbonyl (C=O) groups excluding carboxylic acids is 2. The van der Waals surface area contributed by atoms with E-state index in [0.29, 0.717) is 15.8 Å². The molecule has 0 aliphatic carbocycles. The molecule has 1 heterocycles. The lowest BCUT2D eigenvalue weighted by Crippen LogP contribution is -2.49. The van der Waals surface area contributed by atoms with Crippen LogP contribution < -0.4 is 26.4 Å². The lowest BCUT2D eigenvalue weighted by Gasteiger charge is -2.22. The van der Waals surface area contributed by atoms with E-state index >= 15 is 0 Å². The van der Waals surface area contributed by atoms with E-state index in [0.717, 1.165) is 0 Å². The van der Waals surface area contributed by atoms with Crippen LogP contribution in [-0.4, -0.2) is 24.6 Å². The van der Waals surface area contributed by atoms with Gasteiger partial charge >= 0.3 is 6.03 Å². The monoisotopic (exact) mass is 370 g/mol. The molecule has 1 aromatic carbocycles. The Morgan fingerprint density at radius 1 is 1.38 bits per heavy atom. The number of hydrogen-bond acceptors (Lipinski definition) is 4. The van der Waals surface area contributed by atoms with Gasteiger partial charge in [-0.3, -0.25) is 4.79 Å². The summed E-state index contributed by atoms with van der Waals surface area (Å²) < 4.78 is 5.54. The molecule has 0 spiro atoms. The van der Waals surface area contributed by atoms with Crippen LogP contribution in [0.15, 0.2) is 41.9 Å². The number of urea groups is 1. The van der Waals surface area contributed by atoms with E-state index in [9.17, 15) is 9.59 Å². The molecule has 0 saturated carbocycles. The van der Waals surface area contributed by atoms with Crippen LogP contribution in [0.1, 0.15) is 6.92 Å². The van der Waals surface area contributed by atoms with Gasteiger partial charge in [-0.15, -0.1) is 0 Å². The first-order chi connectivity index (χ1) is 11.3. The maximum Gasteiger partial charge on any atom is 0.323 e. The first-order valence-corrected chi connectivity index (χ1v) is 7.69. The number of nitrogens with one attached hydrogen (secondary N) is 3. The van der Waals surface area contributed by atoms with Gasteiger partial charge in [0.25, 0.3) is 5.91 Å². The molecule has 0 radical (unpaired) electrons. The van der Waals surface area contributed by atoms with E-state index in [2.05, 4.69) is 22.5 Å². The molecule has 1 aliphatic rings. The normalized spacial score (nSPS) is 15.5. The highest BCUT2D eigenvalue weighted by Gasteiger charge is 2.24. The zero-order chi connectivity index (χ0) is 17.9. The quantitative estimate of drug-likeness (QED) is 0.634. The lowest BCUT2D eigenvalue weighted by atomic mass is 10.2. The third-order valence-electron chi connectivity index (χ3n) is 3.09. The van der Waals surface area contributed by atoms with Gasteiger partial charge in [-0.25, -0.2) is 4.79 Å². The summed E-state index contributed by atoms with van der Waals surface area (Å²) in [7, 11) is 0. The fourth-order valence-electron chi connectivity index (χ4n) is 1.87. The number of hydrogen-bond donors (Lipinski definition) is 4. The van der Waals surface area contributed by atoms with E-state index in [1.807, 2.05) is 0 Å². The predicted octanol–water partition coefficient (Wildman–Crippen LogP) is 1.87. The van der Waals surface area contributed by atoms with E-state index in [-0.39, 0.29) is 29.7 Å². The molecule has 9 heteroatoms. The molecule has 1 atom stereocenters. The highest BCUT2D eigenvalue weighted by Crippen LogP contribution is 2.26. The fraction of sp³-hybridized carbons (Fsp3) is 0.200. The molecule has 0 saturated heterocycles. The van der Waals surface area contributed by atoms with Gasteiger partial charge in [-0.2, -0.15) is 0 Å². The van der Waals surface area contributed by atoms with Gasteiger partial charge in [0.15, 0.2) is 0 Å². The van der Waals surface area contributed by atoms with Crippen molar-refractivity contribution in [2.75, 3.05) is 6.61 Å². The zero-order valence-corrected chi connectivity index (χ0v) is 14.3. The minimum Gasteiger partial charge on any atom is -0.491 e. The third-order valence-corrected chi connectivity index (χ3v) is 3.83. The molecule has 1 aliphatic heterocycles. The van der Waals surface area contributed by atoms with Crippen molar-refractivity contribution >= 4 is 35.1 Å². The second-order valence-electron chi connectivity index (χ2n) is 5.11. The van der Waals surface area contributed by atoms with Gasteiger partial charge in [-0.1, -0.05) is 29.8 Å². The molecule has 128 valence electrons. The molecule has 24 heavy (non-hydrogen) atoms. The Bertz CT molecular complexity index is 733. The summed E-state index contributed by atoms with van der Waals surface area (Å²) in [5, 5.41) is 8.19. The average Bonchev–Trinajstić information content (AvgIpc) is 2.52. The van der Waals surface area contributed by atoms with Crippen LogP contribution in [0.25, 0.3) is 0 Å². The van der Waals surface area contributed by atoms with Crippen molar-refractivity contribution < 1.29 is 14.3 Å². The molecular formula is C15H16Cl2N4O3. The van der Waals surface area contributed by atoms with Gasteiger partial charge in [0.05, 0.1) is 27.5 Å². The molecule has 0 bridgehead atoms. The van der Waals surface area contributed by atoms with E-state index in [4.69, 9.17) is 33.7 Å². The van der Waals surface area contributed by atoms with Crippen LogP contribution in [0.2, 0.25) is 10.0 Å². The van der Waals surface area contributed by atoms with Crippen LogP contribution in [0.3, 0.4) is 0 Å². The SMILES string of the molecule is C=C1NC(=O)NC(C(=O)N[C@H](C)COc2ccc(Cl)c(Cl)c2)=C1N. The Labute approximate surface area is 148 Å². The van der Waals surface area contributed by atoms with Crippen molar-refractivity contribution in [2.24, 2.45) is 5.73 Å². The van der Waals surface area contributed by atoms with Crippen molar-refractivity contribution in [1.82, 2.24) is 16.0 Å². The highest BCUT2D eigenvalue weighted by atomic mass is 35.5. The first-order valence-electron chi connectivity index (χ1n) is 6.93. The number of carbonyl (C=O) groups is 2. The largest absolute Gasteiger partial charge is 0.491 e. The molecule has 2 rings (SSSR count). The Morgan fingerprint density at radius 3 is 2.75 bits per heavy atom. The summed E-state index contributed by atoms with van der Waals surface area (Å²) in [4.78, 5) is 23.6. The van der Waals surface area contributed by atoms with E-state index < -0.39 is 11.9 Å². The van der Waals surface area contributed by atoms with Crippen molar-refractivity contribution in [3.63, 3.8) is 0 Å². The molecule has 0 aromatic heterocycles. The van der Waals surface area contributed by atoms with E-state index in [1.165, 1.54) is 0 Å². The number of benzene rings is 1. The smallest absolute Gasteiger partial charge is 0.323 e. The Kier molecular flexibility index (Phi) is 5.58. The summed E-state index contributed by atoms with van der Waals surface area (Å²) in [5.74, 6) is -0.0125. The number of ether oxygens (including phenoxy) is 1. The number of rotatable bonds is 5. The number of amides is 3. The molecule has 3 amide bonds. The number of nitrogens with two attached hydrogens (primary N) is 1. The number of halogens is 2. The van der Waals surface area contributed by atoms with Crippen molar-refractivity contribution in [2.45, 2.75) is 13.0 Å². The molecular weight excluding hydrogens is 355 g/mol. The second-order valence-corrected chi connectivity index (χ2v) is 5.92. The van der Waals surface area contributed by atoms with Crippen LogP contribution >= 0.6 is 23.2 Å². The van der Waals surface area contributed by atoms with Crippen molar-refractivity contribution in [3.8, 4) is 5.75 Å². The summed E-state index contributed by atoms with van der Waals surface area (Å²) in [5.41, 5.74) is 5.93. The summed E-state index contributed by atoms with van der Waals surface area (Å²) in [6, 6.07) is 3.94. The molecule has 7 nitrogen and oxygen atoms in total. The predicted molar refractivity (Wildman–Crippen MR) is 91.6 cm³/mol. The van der Waals surface area contributed by atoms with Gasteiger partial charge in [0.1, 0.15) is 18.1 Å². The lowest BCUT2D eigenvalue weighted by molar-refractivity contribution is -0.118. The Balaban J connectivity index is 1.94. The van der Waals surface area contributed by atoms with Gasteiger partial charge in [-0.05, 0) is 19.1 Å². The standard InChI is InChI=1S/C15H16Cl2N4O3/c1-7(6-24-9-3-4-10(16)11(17)5-9)19-14(22)13-12(18)8(2)20-15(23)21-13/h3-5,7H,2,6,18H2,1H3,(H,19,22)(H2,20,21,23)/t7-/m1/s1. The van der Waals surface area contributed by atoms with Gasteiger partial charge in [0, 0.05) is 6.07 Å². The molecule has 0 fully saturated rings. The maximum atomic E-state index is 12.2.